The lowest BCUT2D eigenvalue weighted by molar-refractivity contribution is -0.137. The van der Waals surface area contributed by atoms with Gasteiger partial charge in [0, 0.05) is 16.0 Å². The van der Waals surface area contributed by atoms with E-state index in [9.17, 15) is 23.2 Å². The summed E-state index contributed by atoms with van der Waals surface area (Å²) in [6.45, 7) is 7.46. The maximum Gasteiger partial charge on any atom is 0.416 e. The quantitative estimate of drug-likeness (QED) is 0.446. The summed E-state index contributed by atoms with van der Waals surface area (Å²) in [5, 5.41) is 12.7. The Morgan fingerprint density at radius 3 is 2.20 bits per heavy atom. The fourth-order valence-corrected chi connectivity index (χ4v) is 3.59. The van der Waals surface area contributed by atoms with Crippen LogP contribution in [0, 0.1) is 23.7 Å². The van der Waals surface area contributed by atoms with Crippen LogP contribution in [-0.2, 0) is 6.18 Å². The van der Waals surface area contributed by atoms with Gasteiger partial charge in [0.25, 0.3) is 5.91 Å². The van der Waals surface area contributed by atoms with E-state index >= 15 is 0 Å². The molecule has 3 nitrogen and oxygen atoms in total. The zero-order valence-electron chi connectivity index (χ0n) is 17.4. The summed E-state index contributed by atoms with van der Waals surface area (Å²) < 4.78 is 39.1. The molecule has 0 unspecified atom stereocenters. The maximum atomic E-state index is 13.0. The highest BCUT2D eigenvalue weighted by Crippen LogP contribution is 2.35. The SMILES string of the molecule is CSc1cc(C(F)(F)F)ccc1C(=O)N/C(=C(/C#N)c1ccccc1C)C(C)(C)C. The maximum absolute atomic E-state index is 13.0. The first-order valence-corrected chi connectivity index (χ1v) is 10.4. The molecule has 7 heteroatoms. The summed E-state index contributed by atoms with van der Waals surface area (Å²) in [6.07, 6.45) is -2.88. The normalized spacial score (nSPS) is 12.8. The molecule has 0 fully saturated rings. The number of aryl methyl sites for hydroxylation is 1. The summed E-state index contributed by atoms with van der Waals surface area (Å²) in [5.74, 6) is -0.556. The molecule has 1 N–H and O–H groups in total. The third-order valence-corrected chi connectivity index (χ3v) is 5.32. The molecule has 0 aliphatic carbocycles. The highest BCUT2D eigenvalue weighted by atomic mass is 32.2. The van der Waals surface area contributed by atoms with Gasteiger partial charge in [0.2, 0.25) is 0 Å². The highest BCUT2D eigenvalue weighted by molar-refractivity contribution is 7.98. The highest BCUT2D eigenvalue weighted by Gasteiger charge is 2.32. The third-order valence-electron chi connectivity index (χ3n) is 4.54. The van der Waals surface area contributed by atoms with E-state index in [1.165, 1.54) is 6.07 Å². The Balaban J connectivity index is 2.57. The number of hydrogen-bond donors (Lipinski definition) is 1. The van der Waals surface area contributed by atoms with Crippen LogP contribution in [0.3, 0.4) is 0 Å². The van der Waals surface area contributed by atoms with Gasteiger partial charge >= 0.3 is 6.18 Å². The Bertz CT molecular complexity index is 1030. The van der Waals surface area contributed by atoms with Crippen molar-refractivity contribution in [2.45, 2.75) is 38.8 Å². The zero-order chi connectivity index (χ0) is 22.7. The van der Waals surface area contributed by atoms with Gasteiger partial charge in [-0.25, -0.2) is 0 Å². The van der Waals surface area contributed by atoms with Gasteiger partial charge in [-0.2, -0.15) is 18.4 Å². The van der Waals surface area contributed by atoms with Gasteiger partial charge in [-0.05, 0) is 42.5 Å². The first-order chi connectivity index (χ1) is 13.9. The summed E-state index contributed by atoms with van der Waals surface area (Å²) in [5.41, 5.74) is 1.04. The second-order valence-corrected chi connectivity index (χ2v) is 8.64. The van der Waals surface area contributed by atoms with Crippen LogP contribution < -0.4 is 5.32 Å². The van der Waals surface area contributed by atoms with Crippen LogP contribution in [0.15, 0.2) is 53.1 Å². The number of benzene rings is 2. The van der Waals surface area contributed by atoms with Gasteiger partial charge in [0.05, 0.1) is 16.7 Å². The van der Waals surface area contributed by atoms with Gasteiger partial charge in [-0.15, -0.1) is 11.8 Å². The van der Waals surface area contributed by atoms with Crippen LogP contribution >= 0.6 is 11.8 Å². The van der Waals surface area contributed by atoms with Crippen LogP contribution in [0.5, 0.6) is 0 Å². The topological polar surface area (TPSA) is 52.9 Å². The summed E-state index contributed by atoms with van der Waals surface area (Å²) in [4.78, 5) is 13.2. The molecule has 0 radical (unpaired) electrons. The van der Waals surface area contributed by atoms with Crippen molar-refractivity contribution >= 4 is 23.2 Å². The van der Waals surface area contributed by atoms with E-state index < -0.39 is 23.1 Å². The number of allylic oxidation sites excluding steroid dienone is 2. The van der Waals surface area contributed by atoms with Crippen molar-refractivity contribution in [3.63, 3.8) is 0 Å². The number of amides is 1. The number of carbonyl (C=O) groups is 1. The lowest BCUT2D eigenvalue weighted by atomic mass is 9.85. The second kappa shape index (κ2) is 8.97. The van der Waals surface area contributed by atoms with E-state index in [0.29, 0.717) is 16.8 Å². The molecule has 0 bridgehead atoms. The van der Waals surface area contributed by atoms with Crippen molar-refractivity contribution in [1.82, 2.24) is 5.32 Å². The number of nitriles is 1. The predicted octanol–water partition coefficient (Wildman–Crippen LogP) is 6.45. The van der Waals surface area contributed by atoms with Crippen LogP contribution in [0.1, 0.15) is 47.8 Å². The van der Waals surface area contributed by atoms with Gasteiger partial charge < -0.3 is 5.32 Å². The molecule has 0 saturated heterocycles. The summed E-state index contributed by atoms with van der Waals surface area (Å²) in [6, 6.07) is 12.6. The third kappa shape index (κ3) is 5.25. The van der Waals surface area contributed by atoms with E-state index in [1.54, 1.807) is 12.3 Å². The number of thioether (sulfide) groups is 1. The van der Waals surface area contributed by atoms with Crippen molar-refractivity contribution in [2.75, 3.05) is 6.26 Å². The number of nitrogens with zero attached hydrogens (tertiary/aromatic N) is 1. The minimum Gasteiger partial charge on any atom is -0.324 e. The monoisotopic (exact) mass is 432 g/mol. The Morgan fingerprint density at radius 1 is 1.07 bits per heavy atom. The largest absolute Gasteiger partial charge is 0.416 e. The second-order valence-electron chi connectivity index (χ2n) is 7.79. The van der Waals surface area contributed by atoms with Crippen LogP contribution in [-0.4, -0.2) is 12.2 Å². The summed E-state index contributed by atoms with van der Waals surface area (Å²) >= 11 is 1.06. The molecule has 2 aromatic rings. The Hall–Kier alpha value is -2.72. The average molecular weight is 433 g/mol. The van der Waals surface area contributed by atoms with Crippen LogP contribution in [0.2, 0.25) is 0 Å². The van der Waals surface area contributed by atoms with Crippen molar-refractivity contribution in [3.8, 4) is 6.07 Å². The smallest absolute Gasteiger partial charge is 0.324 e. The lowest BCUT2D eigenvalue weighted by Gasteiger charge is -2.26. The first-order valence-electron chi connectivity index (χ1n) is 9.17. The first kappa shape index (κ1) is 23.6. The minimum atomic E-state index is -4.49. The molecule has 1 amide bonds. The fraction of sp³-hybridized carbons (Fsp3) is 0.304. The van der Waals surface area contributed by atoms with Crippen molar-refractivity contribution in [1.29, 1.82) is 5.26 Å². The molecular weight excluding hydrogens is 409 g/mol. The summed E-state index contributed by atoms with van der Waals surface area (Å²) in [7, 11) is 0. The molecule has 2 aromatic carbocycles. The molecule has 158 valence electrons. The van der Waals surface area contributed by atoms with Crippen molar-refractivity contribution < 1.29 is 18.0 Å². The number of rotatable bonds is 4. The average Bonchev–Trinajstić information content (AvgIpc) is 2.66. The number of halogens is 3. The van der Waals surface area contributed by atoms with Crippen LogP contribution in [0.25, 0.3) is 5.57 Å². The van der Waals surface area contributed by atoms with Crippen molar-refractivity contribution in [3.05, 3.63) is 70.4 Å². The van der Waals surface area contributed by atoms with E-state index in [-0.39, 0.29) is 10.5 Å². The number of nitrogens with one attached hydrogen (secondary N) is 1. The van der Waals surface area contributed by atoms with Crippen LogP contribution in [0.4, 0.5) is 13.2 Å². The Labute approximate surface area is 179 Å². The number of hydrogen-bond acceptors (Lipinski definition) is 3. The molecule has 2 rings (SSSR count). The molecule has 0 aliphatic heterocycles. The Morgan fingerprint density at radius 2 is 1.70 bits per heavy atom. The minimum absolute atomic E-state index is 0.124. The molecule has 0 saturated carbocycles. The fourth-order valence-electron chi connectivity index (χ4n) is 2.97. The van der Waals surface area contributed by atoms with E-state index in [1.807, 2.05) is 45.9 Å². The van der Waals surface area contributed by atoms with Crippen molar-refractivity contribution in [2.24, 2.45) is 5.41 Å². The molecule has 0 aliphatic rings. The molecular formula is C23H23F3N2OS. The lowest BCUT2D eigenvalue weighted by Crippen LogP contribution is -2.31. The molecule has 0 atom stereocenters. The number of carbonyl (C=O) groups excluding carboxylic acids is 1. The van der Waals surface area contributed by atoms with Gasteiger partial charge in [0.15, 0.2) is 0 Å². The van der Waals surface area contributed by atoms with Gasteiger partial charge in [0.1, 0.15) is 6.07 Å². The van der Waals surface area contributed by atoms with E-state index in [0.717, 1.165) is 29.5 Å². The standard InChI is InChI=1S/C23H23F3N2OS/c1-14-8-6-7-9-16(14)18(13-27)20(22(2,3)4)28-21(29)17-11-10-15(23(24,25)26)12-19(17)30-5/h6-12H,1-5H3,(H,28,29)/b20-18-. The molecule has 0 spiro atoms. The van der Waals surface area contributed by atoms with Gasteiger partial charge in [-0.1, -0.05) is 45.0 Å². The predicted molar refractivity (Wildman–Crippen MR) is 114 cm³/mol. The molecule has 0 heterocycles. The molecule has 0 aromatic heterocycles. The van der Waals surface area contributed by atoms with E-state index in [4.69, 9.17) is 0 Å². The zero-order valence-corrected chi connectivity index (χ0v) is 18.3. The van der Waals surface area contributed by atoms with E-state index in [2.05, 4.69) is 11.4 Å². The number of alkyl halides is 3. The van der Waals surface area contributed by atoms with Gasteiger partial charge in [-0.3, -0.25) is 4.79 Å². The molecule has 30 heavy (non-hydrogen) atoms. The Kier molecular flexibility index (Phi) is 7.04.